The SMILES string of the molecule is COC(=O)C(=O)C(CC1CC1)NC(=O)[C@@H]1[C@@H]2[C@H](CN1C(=O)CC1CCCCC1)C2(C)C. The summed E-state index contributed by atoms with van der Waals surface area (Å²) in [4.78, 5) is 52.7. The minimum absolute atomic E-state index is 0.0158. The van der Waals surface area contributed by atoms with E-state index in [1.807, 2.05) is 0 Å². The molecule has 0 aromatic carbocycles. The molecule has 0 aromatic heterocycles. The quantitative estimate of drug-likeness (QED) is 0.470. The zero-order valence-corrected chi connectivity index (χ0v) is 19.0. The number of ketones is 1. The van der Waals surface area contributed by atoms with Gasteiger partial charge in [-0.2, -0.15) is 0 Å². The first kappa shape index (κ1) is 22.3. The number of Topliss-reactive ketones (excluding diaryl/α,β-unsaturated/α-hetero) is 1. The number of piperidine rings is 1. The van der Waals surface area contributed by atoms with Crippen LogP contribution in [0.25, 0.3) is 0 Å². The minimum atomic E-state index is -0.924. The van der Waals surface area contributed by atoms with Gasteiger partial charge in [0.05, 0.1) is 13.2 Å². The van der Waals surface area contributed by atoms with Crippen LogP contribution in [0.5, 0.6) is 0 Å². The van der Waals surface area contributed by atoms with Crippen molar-refractivity contribution in [1.82, 2.24) is 10.2 Å². The first-order valence-electron chi connectivity index (χ1n) is 12.0. The van der Waals surface area contributed by atoms with Crippen molar-refractivity contribution in [3.8, 4) is 0 Å². The van der Waals surface area contributed by atoms with Gasteiger partial charge in [-0.1, -0.05) is 46.0 Å². The van der Waals surface area contributed by atoms with E-state index in [1.165, 1.54) is 26.4 Å². The number of amides is 2. The molecule has 4 aliphatic rings. The van der Waals surface area contributed by atoms with E-state index in [0.29, 0.717) is 37.1 Å². The van der Waals surface area contributed by atoms with Gasteiger partial charge >= 0.3 is 5.97 Å². The second-order valence-corrected chi connectivity index (χ2v) is 10.7. The fourth-order valence-corrected chi connectivity index (χ4v) is 6.02. The number of rotatable bonds is 8. The van der Waals surface area contributed by atoms with E-state index < -0.39 is 23.8 Å². The lowest BCUT2D eigenvalue weighted by Gasteiger charge is -2.32. The molecule has 3 aliphatic carbocycles. The predicted octanol–water partition coefficient (Wildman–Crippen LogP) is 2.47. The van der Waals surface area contributed by atoms with E-state index in [-0.39, 0.29) is 23.1 Å². The summed E-state index contributed by atoms with van der Waals surface area (Å²) < 4.78 is 4.60. The lowest BCUT2D eigenvalue weighted by Crippen LogP contribution is -2.54. The fraction of sp³-hybridized carbons (Fsp3) is 0.833. The predicted molar refractivity (Wildman–Crippen MR) is 114 cm³/mol. The first-order chi connectivity index (χ1) is 14.7. The Labute approximate surface area is 184 Å². The smallest absolute Gasteiger partial charge is 0.376 e. The monoisotopic (exact) mass is 432 g/mol. The first-order valence-corrected chi connectivity index (χ1v) is 12.0. The highest BCUT2D eigenvalue weighted by molar-refractivity contribution is 6.36. The van der Waals surface area contributed by atoms with E-state index >= 15 is 0 Å². The van der Waals surface area contributed by atoms with E-state index in [1.54, 1.807) is 4.90 Å². The van der Waals surface area contributed by atoms with Crippen LogP contribution in [0.4, 0.5) is 0 Å². The Morgan fingerprint density at radius 2 is 1.71 bits per heavy atom. The lowest BCUT2D eigenvalue weighted by molar-refractivity contribution is -0.153. The van der Waals surface area contributed by atoms with Gasteiger partial charge in [-0.05, 0) is 48.3 Å². The van der Waals surface area contributed by atoms with Gasteiger partial charge in [0.1, 0.15) is 6.04 Å². The highest BCUT2D eigenvalue weighted by Gasteiger charge is 2.69. The Morgan fingerprint density at radius 1 is 1.03 bits per heavy atom. The van der Waals surface area contributed by atoms with Crippen molar-refractivity contribution in [2.24, 2.45) is 29.1 Å². The van der Waals surface area contributed by atoms with E-state index in [0.717, 1.165) is 25.7 Å². The molecule has 4 rings (SSSR count). The van der Waals surface area contributed by atoms with Gasteiger partial charge in [-0.25, -0.2) is 4.79 Å². The summed E-state index contributed by atoms with van der Waals surface area (Å²) in [7, 11) is 1.18. The number of nitrogens with zero attached hydrogens (tertiary/aromatic N) is 1. The average Bonchev–Trinajstić information content (AvgIpc) is 3.60. The highest BCUT2D eigenvalue weighted by Crippen LogP contribution is 2.65. The molecule has 1 unspecified atom stereocenters. The number of methoxy groups -OCH3 is 1. The van der Waals surface area contributed by atoms with Crippen molar-refractivity contribution in [3.05, 3.63) is 0 Å². The van der Waals surface area contributed by atoms with Gasteiger partial charge in [-0.15, -0.1) is 0 Å². The van der Waals surface area contributed by atoms with E-state index in [2.05, 4.69) is 23.9 Å². The third-order valence-electron chi connectivity index (χ3n) is 8.27. The van der Waals surface area contributed by atoms with Crippen LogP contribution in [-0.2, 0) is 23.9 Å². The molecular formula is C24H36N2O5. The van der Waals surface area contributed by atoms with E-state index in [4.69, 9.17) is 0 Å². The highest BCUT2D eigenvalue weighted by atomic mass is 16.5. The molecule has 1 heterocycles. The fourth-order valence-electron chi connectivity index (χ4n) is 6.02. The zero-order valence-electron chi connectivity index (χ0n) is 19.0. The summed E-state index contributed by atoms with van der Waals surface area (Å²) in [5.41, 5.74) is 0.0158. The number of nitrogens with one attached hydrogen (secondary N) is 1. The second-order valence-electron chi connectivity index (χ2n) is 10.7. The molecule has 7 heteroatoms. The Balaban J connectivity index is 1.46. The molecule has 1 saturated heterocycles. The topological polar surface area (TPSA) is 92.8 Å². The lowest BCUT2D eigenvalue weighted by atomic mass is 9.86. The normalized spacial score (nSPS) is 30.3. The summed E-state index contributed by atoms with van der Waals surface area (Å²) in [5.74, 6) is -0.657. The maximum atomic E-state index is 13.4. The van der Waals surface area contributed by atoms with Crippen molar-refractivity contribution < 1.29 is 23.9 Å². The van der Waals surface area contributed by atoms with Crippen molar-refractivity contribution in [2.75, 3.05) is 13.7 Å². The summed E-state index contributed by atoms with van der Waals surface area (Å²) >= 11 is 0. The molecule has 1 N–H and O–H groups in total. The van der Waals surface area contributed by atoms with Crippen LogP contribution in [-0.4, -0.2) is 54.2 Å². The number of fused-ring (bicyclic) bond motifs is 1. The molecule has 3 saturated carbocycles. The van der Waals surface area contributed by atoms with Crippen LogP contribution in [0, 0.1) is 29.1 Å². The molecule has 0 aromatic rings. The molecule has 4 fully saturated rings. The molecule has 0 bridgehead atoms. The molecule has 31 heavy (non-hydrogen) atoms. The van der Waals surface area contributed by atoms with Gasteiger partial charge < -0.3 is 15.0 Å². The van der Waals surface area contributed by atoms with Crippen LogP contribution in [0.15, 0.2) is 0 Å². The largest absolute Gasteiger partial charge is 0.463 e. The van der Waals surface area contributed by atoms with Crippen LogP contribution < -0.4 is 5.32 Å². The summed E-state index contributed by atoms with van der Waals surface area (Å²) in [5, 5.41) is 2.85. The Bertz CT molecular complexity index is 753. The Kier molecular flexibility index (Phi) is 6.14. The number of hydrogen-bond acceptors (Lipinski definition) is 5. The molecular weight excluding hydrogens is 396 g/mol. The van der Waals surface area contributed by atoms with Crippen molar-refractivity contribution >= 4 is 23.6 Å². The molecule has 1 aliphatic heterocycles. The number of ether oxygens (including phenoxy) is 1. The maximum Gasteiger partial charge on any atom is 0.376 e. The van der Waals surface area contributed by atoms with Crippen LogP contribution in [0.2, 0.25) is 0 Å². The number of hydrogen-bond donors (Lipinski definition) is 1. The second kappa shape index (κ2) is 8.55. The maximum absolute atomic E-state index is 13.4. The van der Waals surface area contributed by atoms with Gasteiger partial charge in [0.25, 0.3) is 5.78 Å². The van der Waals surface area contributed by atoms with Gasteiger partial charge in [-0.3, -0.25) is 14.4 Å². The molecule has 0 radical (unpaired) electrons. The van der Waals surface area contributed by atoms with Crippen LogP contribution >= 0.6 is 0 Å². The Morgan fingerprint density at radius 3 is 2.32 bits per heavy atom. The minimum Gasteiger partial charge on any atom is -0.463 e. The summed E-state index contributed by atoms with van der Waals surface area (Å²) in [6.45, 7) is 4.90. The standard InChI is InChI=1S/C24H36N2O5/c1-24(2)16-13-26(18(27)12-14-7-5-4-6-8-14)20(19(16)24)22(29)25-17(11-15-9-10-15)21(28)23(30)31-3/h14-17,19-20H,4-13H2,1-3H3,(H,25,29)/t16-,17?,19-,20-/m0/s1. The number of esters is 1. The molecule has 4 atom stereocenters. The van der Waals surface area contributed by atoms with Gasteiger partial charge in [0.15, 0.2) is 0 Å². The van der Waals surface area contributed by atoms with Gasteiger partial charge in [0, 0.05) is 13.0 Å². The summed E-state index contributed by atoms with van der Waals surface area (Å²) in [6.07, 6.45) is 8.77. The van der Waals surface area contributed by atoms with E-state index in [9.17, 15) is 19.2 Å². The third-order valence-corrected chi connectivity index (χ3v) is 8.27. The number of carbonyl (C=O) groups is 4. The zero-order chi connectivity index (χ0) is 22.3. The van der Waals surface area contributed by atoms with Crippen molar-refractivity contribution in [1.29, 1.82) is 0 Å². The number of likely N-dealkylation sites (tertiary alicyclic amines) is 1. The third kappa shape index (κ3) is 4.51. The van der Waals surface area contributed by atoms with Crippen molar-refractivity contribution in [3.63, 3.8) is 0 Å². The van der Waals surface area contributed by atoms with Crippen LogP contribution in [0.1, 0.15) is 71.6 Å². The molecule has 0 spiro atoms. The van der Waals surface area contributed by atoms with Gasteiger partial charge in [0.2, 0.25) is 11.8 Å². The van der Waals surface area contributed by atoms with Crippen LogP contribution in [0.3, 0.4) is 0 Å². The average molecular weight is 433 g/mol. The van der Waals surface area contributed by atoms with Crippen molar-refractivity contribution in [2.45, 2.75) is 83.7 Å². The summed E-state index contributed by atoms with van der Waals surface area (Å²) in [6, 6.07) is -1.42. The molecule has 2 amide bonds. The molecule has 7 nitrogen and oxygen atoms in total. The Hall–Kier alpha value is -1.92. The molecule has 172 valence electrons. The number of carbonyl (C=O) groups excluding carboxylic acids is 4.